The van der Waals surface area contributed by atoms with Crippen LogP contribution in [0.15, 0.2) is 18.2 Å². The first-order valence-corrected chi connectivity index (χ1v) is 5.59. The first kappa shape index (κ1) is 11.5. The number of halogens is 3. The first-order valence-electron chi connectivity index (χ1n) is 5.59. The van der Waals surface area contributed by atoms with E-state index in [4.69, 9.17) is 0 Å². The number of aryl methyl sites for hydroxylation is 1. The van der Waals surface area contributed by atoms with Gasteiger partial charge in [0.1, 0.15) is 0 Å². The van der Waals surface area contributed by atoms with Gasteiger partial charge in [0.25, 0.3) is 0 Å². The highest BCUT2D eigenvalue weighted by molar-refractivity contribution is 5.39. The predicted octanol–water partition coefficient (Wildman–Crippen LogP) is 4.39. The van der Waals surface area contributed by atoms with E-state index in [-0.39, 0.29) is 0 Å². The van der Waals surface area contributed by atoms with E-state index in [1.807, 2.05) is 0 Å². The summed E-state index contributed by atoms with van der Waals surface area (Å²) < 4.78 is 37.5. The van der Waals surface area contributed by atoms with Crippen molar-refractivity contribution in [2.75, 3.05) is 0 Å². The van der Waals surface area contributed by atoms with Crippen LogP contribution in [0.1, 0.15) is 42.9 Å². The summed E-state index contributed by atoms with van der Waals surface area (Å²) in [6.07, 6.45) is -2.46. The molecule has 0 unspecified atom stereocenters. The molecule has 0 spiro atoms. The summed E-state index contributed by atoms with van der Waals surface area (Å²) in [4.78, 5) is 0. The molecule has 0 saturated carbocycles. The summed E-state index contributed by atoms with van der Waals surface area (Å²) >= 11 is 0. The van der Waals surface area contributed by atoms with Gasteiger partial charge < -0.3 is 0 Å². The van der Waals surface area contributed by atoms with Crippen molar-refractivity contribution in [3.8, 4) is 0 Å². The third-order valence-electron chi connectivity index (χ3n) is 3.40. The van der Waals surface area contributed by atoms with E-state index < -0.39 is 11.7 Å². The van der Waals surface area contributed by atoms with Crippen LogP contribution in [0.5, 0.6) is 0 Å². The van der Waals surface area contributed by atoms with Crippen LogP contribution in [0.25, 0.3) is 0 Å². The molecule has 0 bridgehead atoms. The first-order chi connectivity index (χ1) is 7.39. The number of benzene rings is 1. The highest BCUT2D eigenvalue weighted by atomic mass is 19.4. The number of hydrogen-bond acceptors (Lipinski definition) is 0. The lowest BCUT2D eigenvalue weighted by Gasteiger charge is -2.16. The summed E-state index contributed by atoms with van der Waals surface area (Å²) in [7, 11) is 0. The largest absolute Gasteiger partial charge is 0.416 e. The van der Waals surface area contributed by atoms with Crippen molar-refractivity contribution in [2.24, 2.45) is 5.92 Å². The van der Waals surface area contributed by atoms with Crippen molar-refractivity contribution >= 4 is 0 Å². The van der Waals surface area contributed by atoms with Crippen molar-refractivity contribution < 1.29 is 13.2 Å². The molecule has 0 heterocycles. The van der Waals surface area contributed by atoms with E-state index >= 15 is 0 Å². The Labute approximate surface area is 93.5 Å². The Morgan fingerprint density at radius 2 is 1.94 bits per heavy atom. The third-order valence-corrected chi connectivity index (χ3v) is 3.40. The number of fused-ring (bicyclic) bond motifs is 1. The van der Waals surface area contributed by atoms with Crippen LogP contribution in [0, 0.1) is 5.92 Å². The Hall–Kier alpha value is -0.990. The minimum absolute atomic E-state index is 0.428. The molecule has 0 saturated heterocycles. The van der Waals surface area contributed by atoms with Crippen LogP contribution >= 0.6 is 0 Å². The maximum atomic E-state index is 12.5. The minimum Gasteiger partial charge on any atom is -0.166 e. The molecule has 1 aromatic carbocycles. The second kappa shape index (κ2) is 3.79. The molecule has 0 radical (unpaired) electrons. The summed E-state index contributed by atoms with van der Waals surface area (Å²) in [5, 5.41) is 0. The quantitative estimate of drug-likeness (QED) is 0.668. The molecule has 0 fully saturated rings. The average Bonchev–Trinajstić information content (AvgIpc) is 2.58. The SMILES string of the molecule is CC(C)[C@@H]1CCc2cc(C(F)(F)F)ccc21. The van der Waals surface area contributed by atoms with Gasteiger partial charge in [-0.1, -0.05) is 19.9 Å². The molecule has 1 aliphatic carbocycles. The van der Waals surface area contributed by atoms with Crippen LogP contribution in [-0.2, 0) is 12.6 Å². The van der Waals surface area contributed by atoms with Gasteiger partial charge in [-0.05, 0) is 47.9 Å². The smallest absolute Gasteiger partial charge is 0.166 e. The van der Waals surface area contributed by atoms with Gasteiger partial charge in [0.05, 0.1) is 5.56 Å². The van der Waals surface area contributed by atoms with E-state index in [1.54, 1.807) is 6.07 Å². The Bertz CT molecular complexity index is 391. The molecule has 1 aromatic rings. The topological polar surface area (TPSA) is 0 Å². The lowest BCUT2D eigenvalue weighted by molar-refractivity contribution is -0.137. The summed E-state index contributed by atoms with van der Waals surface area (Å²) in [5.41, 5.74) is 1.48. The van der Waals surface area contributed by atoms with Gasteiger partial charge in [-0.3, -0.25) is 0 Å². The van der Waals surface area contributed by atoms with E-state index in [0.717, 1.165) is 24.0 Å². The Balaban J connectivity index is 2.37. The second-order valence-corrected chi connectivity index (χ2v) is 4.80. The van der Waals surface area contributed by atoms with Gasteiger partial charge in [-0.2, -0.15) is 13.2 Å². The van der Waals surface area contributed by atoms with Gasteiger partial charge in [0.15, 0.2) is 0 Å². The Kier molecular flexibility index (Phi) is 2.72. The molecule has 2 rings (SSSR count). The standard InChI is InChI=1S/C13H15F3/c1-8(2)11-5-3-9-7-10(13(14,15)16)4-6-12(9)11/h4,6-8,11H,3,5H2,1-2H3/t11-/m0/s1. The lowest BCUT2D eigenvalue weighted by Crippen LogP contribution is -2.06. The Morgan fingerprint density at radius 3 is 2.50 bits per heavy atom. The van der Waals surface area contributed by atoms with Crippen LogP contribution < -0.4 is 0 Å². The molecular formula is C13H15F3. The van der Waals surface area contributed by atoms with Crippen LogP contribution in [0.2, 0.25) is 0 Å². The number of hydrogen-bond donors (Lipinski definition) is 0. The highest BCUT2D eigenvalue weighted by Crippen LogP contribution is 2.40. The monoisotopic (exact) mass is 228 g/mol. The van der Waals surface area contributed by atoms with Crippen molar-refractivity contribution in [2.45, 2.75) is 38.8 Å². The second-order valence-electron chi connectivity index (χ2n) is 4.80. The van der Waals surface area contributed by atoms with Crippen LogP contribution in [-0.4, -0.2) is 0 Å². The predicted molar refractivity (Wildman–Crippen MR) is 57.3 cm³/mol. The van der Waals surface area contributed by atoms with Gasteiger partial charge in [-0.25, -0.2) is 0 Å². The van der Waals surface area contributed by atoms with E-state index in [2.05, 4.69) is 13.8 Å². The fourth-order valence-electron chi connectivity index (χ4n) is 2.52. The summed E-state index contributed by atoms with van der Waals surface area (Å²) in [6, 6.07) is 4.19. The average molecular weight is 228 g/mol. The zero-order valence-corrected chi connectivity index (χ0v) is 9.43. The number of rotatable bonds is 1. The van der Waals surface area contributed by atoms with E-state index in [1.165, 1.54) is 12.1 Å². The third kappa shape index (κ3) is 1.95. The molecule has 0 aliphatic heterocycles. The van der Waals surface area contributed by atoms with Crippen molar-refractivity contribution in [1.29, 1.82) is 0 Å². The summed E-state index contributed by atoms with van der Waals surface area (Å²) in [5.74, 6) is 0.926. The molecule has 3 heteroatoms. The zero-order valence-electron chi connectivity index (χ0n) is 9.43. The molecule has 0 aromatic heterocycles. The molecule has 1 atom stereocenters. The normalized spacial score (nSPS) is 20.2. The van der Waals surface area contributed by atoms with Gasteiger partial charge in [0, 0.05) is 0 Å². The zero-order chi connectivity index (χ0) is 11.9. The van der Waals surface area contributed by atoms with Crippen LogP contribution in [0.3, 0.4) is 0 Å². The van der Waals surface area contributed by atoms with Crippen molar-refractivity contribution in [3.05, 3.63) is 34.9 Å². The lowest BCUT2D eigenvalue weighted by atomic mass is 9.90. The molecule has 0 nitrogen and oxygen atoms in total. The number of alkyl halides is 3. The maximum absolute atomic E-state index is 12.5. The van der Waals surface area contributed by atoms with E-state index in [0.29, 0.717) is 11.8 Å². The van der Waals surface area contributed by atoms with Crippen LogP contribution in [0.4, 0.5) is 13.2 Å². The molecule has 88 valence electrons. The maximum Gasteiger partial charge on any atom is 0.416 e. The molecule has 0 amide bonds. The van der Waals surface area contributed by atoms with E-state index in [9.17, 15) is 13.2 Å². The minimum atomic E-state index is -4.22. The fraction of sp³-hybridized carbons (Fsp3) is 0.538. The molecule has 0 N–H and O–H groups in total. The molecule has 1 aliphatic rings. The Morgan fingerprint density at radius 1 is 1.25 bits per heavy atom. The van der Waals surface area contributed by atoms with Gasteiger partial charge in [0.2, 0.25) is 0 Å². The molecule has 16 heavy (non-hydrogen) atoms. The summed E-state index contributed by atoms with van der Waals surface area (Å²) in [6.45, 7) is 4.24. The van der Waals surface area contributed by atoms with Crippen molar-refractivity contribution in [3.63, 3.8) is 0 Å². The highest BCUT2D eigenvalue weighted by Gasteiger charge is 2.33. The fourth-order valence-corrected chi connectivity index (χ4v) is 2.52. The van der Waals surface area contributed by atoms with Gasteiger partial charge in [-0.15, -0.1) is 0 Å². The van der Waals surface area contributed by atoms with Gasteiger partial charge >= 0.3 is 6.18 Å². The van der Waals surface area contributed by atoms with Crippen molar-refractivity contribution in [1.82, 2.24) is 0 Å². The molecular weight excluding hydrogens is 213 g/mol.